The Bertz CT molecular complexity index is 489. The molecule has 1 saturated heterocycles. The highest BCUT2D eigenvalue weighted by atomic mass is 35.5. The predicted octanol–water partition coefficient (Wildman–Crippen LogP) is 2.58. The van der Waals surface area contributed by atoms with E-state index in [0.717, 1.165) is 38.9 Å². The second-order valence-corrected chi connectivity index (χ2v) is 5.17. The summed E-state index contributed by atoms with van der Waals surface area (Å²) in [6.07, 6.45) is 3.00. The quantitative estimate of drug-likeness (QED) is 0.930. The van der Waals surface area contributed by atoms with E-state index in [1.807, 2.05) is 4.90 Å². The molecule has 0 aromatic heterocycles. The molecule has 1 aromatic carbocycles. The standard InChI is InChI=1S/C16H21N3O.ClH/c1-2-11-19(15-7-9-18-10-8-15)16(20)14-5-3-13(12-17)4-6-14;/h3-6,15,18H,2,7-11H2,1H3;1H. The largest absolute Gasteiger partial charge is 0.336 e. The van der Waals surface area contributed by atoms with Gasteiger partial charge in [-0.15, -0.1) is 12.4 Å². The highest BCUT2D eigenvalue weighted by Gasteiger charge is 2.25. The van der Waals surface area contributed by atoms with Gasteiger partial charge in [-0.2, -0.15) is 5.26 Å². The lowest BCUT2D eigenvalue weighted by atomic mass is 10.0. The first-order valence-corrected chi connectivity index (χ1v) is 7.28. The molecular weight excluding hydrogens is 286 g/mol. The number of nitrogens with one attached hydrogen (secondary N) is 1. The van der Waals surface area contributed by atoms with Crippen LogP contribution in [0.1, 0.15) is 42.1 Å². The minimum absolute atomic E-state index is 0. The maximum atomic E-state index is 12.7. The first-order chi connectivity index (χ1) is 9.76. The van der Waals surface area contributed by atoms with Crippen molar-refractivity contribution in [2.75, 3.05) is 19.6 Å². The van der Waals surface area contributed by atoms with Crippen molar-refractivity contribution in [3.8, 4) is 6.07 Å². The highest BCUT2D eigenvalue weighted by Crippen LogP contribution is 2.16. The maximum Gasteiger partial charge on any atom is 0.254 e. The second kappa shape index (κ2) is 8.66. The van der Waals surface area contributed by atoms with Crippen LogP contribution >= 0.6 is 12.4 Å². The zero-order valence-corrected chi connectivity index (χ0v) is 13.2. The molecule has 0 saturated carbocycles. The molecule has 1 aromatic rings. The Morgan fingerprint density at radius 1 is 1.33 bits per heavy atom. The molecular formula is C16H22ClN3O. The van der Waals surface area contributed by atoms with Gasteiger partial charge in [0.1, 0.15) is 0 Å². The van der Waals surface area contributed by atoms with Gasteiger partial charge < -0.3 is 10.2 Å². The van der Waals surface area contributed by atoms with E-state index < -0.39 is 0 Å². The second-order valence-electron chi connectivity index (χ2n) is 5.17. The average Bonchev–Trinajstić information content (AvgIpc) is 2.53. The molecule has 2 rings (SSSR count). The Hall–Kier alpha value is -1.57. The van der Waals surface area contributed by atoms with E-state index in [2.05, 4.69) is 18.3 Å². The number of halogens is 1. The summed E-state index contributed by atoms with van der Waals surface area (Å²) in [5.74, 6) is 0.0863. The first kappa shape index (κ1) is 17.5. The Kier molecular flexibility index (Phi) is 7.21. The van der Waals surface area contributed by atoms with Crippen LogP contribution < -0.4 is 5.32 Å². The van der Waals surface area contributed by atoms with Crippen molar-refractivity contribution < 1.29 is 4.79 Å². The summed E-state index contributed by atoms with van der Waals surface area (Å²) in [4.78, 5) is 14.7. The fourth-order valence-electron chi connectivity index (χ4n) is 2.66. The summed E-state index contributed by atoms with van der Waals surface area (Å²) >= 11 is 0. The number of hydrogen-bond acceptors (Lipinski definition) is 3. The fraction of sp³-hybridized carbons (Fsp3) is 0.500. The number of carbonyl (C=O) groups is 1. The van der Waals surface area contributed by atoms with E-state index in [-0.39, 0.29) is 18.3 Å². The van der Waals surface area contributed by atoms with Crippen molar-refractivity contribution in [1.82, 2.24) is 10.2 Å². The zero-order chi connectivity index (χ0) is 14.4. The summed E-state index contributed by atoms with van der Waals surface area (Å²) in [6, 6.07) is 9.34. The van der Waals surface area contributed by atoms with Gasteiger partial charge in [-0.3, -0.25) is 4.79 Å². The van der Waals surface area contributed by atoms with E-state index in [9.17, 15) is 4.79 Å². The fourth-order valence-corrected chi connectivity index (χ4v) is 2.66. The average molecular weight is 308 g/mol. The van der Waals surface area contributed by atoms with Crippen LogP contribution in [0.15, 0.2) is 24.3 Å². The smallest absolute Gasteiger partial charge is 0.254 e. The summed E-state index contributed by atoms with van der Waals surface area (Å²) in [7, 11) is 0. The van der Waals surface area contributed by atoms with Crippen LogP contribution in [0.5, 0.6) is 0 Å². The molecule has 1 fully saturated rings. The van der Waals surface area contributed by atoms with Crippen molar-refractivity contribution >= 4 is 18.3 Å². The number of benzene rings is 1. The van der Waals surface area contributed by atoms with Gasteiger partial charge in [0.15, 0.2) is 0 Å². The molecule has 0 radical (unpaired) electrons. The lowest BCUT2D eigenvalue weighted by Crippen LogP contribution is -2.46. The van der Waals surface area contributed by atoms with Gasteiger partial charge in [-0.25, -0.2) is 0 Å². The minimum atomic E-state index is 0. The maximum absolute atomic E-state index is 12.7. The summed E-state index contributed by atoms with van der Waals surface area (Å²) < 4.78 is 0. The molecule has 1 aliphatic rings. The molecule has 0 atom stereocenters. The molecule has 21 heavy (non-hydrogen) atoms. The molecule has 114 valence electrons. The summed E-state index contributed by atoms with van der Waals surface area (Å²) in [6.45, 7) is 4.85. The van der Waals surface area contributed by atoms with Gasteiger partial charge in [0.05, 0.1) is 11.6 Å². The van der Waals surface area contributed by atoms with Crippen LogP contribution in [0.4, 0.5) is 0 Å². The Morgan fingerprint density at radius 3 is 2.48 bits per heavy atom. The number of amides is 1. The molecule has 1 amide bonds. The van der Waals surface area contributed by atoms with Crippen LogP contribution in [-0.2, 0) is 0 Å². The van der Waals surface area contributed by atoms with Gasteiger partial charge in [0.25, 0.3) is 5.91 Å². The van der Waals surface area contributed by atoms with Gasteiger partial charge >= 0.3 is 0 Å². The summed E-state index contributed by atoms with van der Waals surface area (Å²) in [5, 5.41) is 12.1. The molecule has 0 spiro atoms. The number of piperidine rings is 1. The number of carbonyl (C=O) groups excluding carboxylic acids is 1. The lowest BCUT2D eigenvalue weighted by Gasteiger charge is -2.34. The molecule has 1 aliphatic heterocycles. The molecule has 0 aliphatic carbocycles. The molecule has 1 N–H and O–H groups in total. The van der Waals surface area contributed by atoms with E-state index in [1.54, 1.807) is 24.3 Å². The van der Waals surface area contributed by atoms with Gasteiger partial charge in [0, 0.05) is 18.2 Å². The Labute approximate surface area is 132 Å². The third-order valence-electron chi connectivity index (χ3n) is 3.74. The van der Waals surface area contributed by atoms with Crippen LogP contribution in [-0.4, -0.2) is 36.5 Å². The summed E-state index contributed by atoms with van der Waals surface area (Å²) in [5.41, 5.74) is 1.27. The normalized spacial score (nSPS) is 14.9. The monoisotopic (exact) mass is 307 g/mol. The molecule has 0 bridgehead atoms. The SMILES string of the molecule is CCCN(C(=O)c1ccc(C#N)cc1)C1CCNCC1.Cl. The lowest BCUT2D eigenvalue weighted by molar-refractivity contribution is 0.0642. The third-order valence-corrected chi connectivity index (χ3v) is 3.74. The zero-order valence-electron chi connectivity index (χ0n) is 12.3. The van der Waals surface area contributed by atoms with E-state index in [0.29, 0.717) is 17.2 Å². The Morgan fingerprint density at radius 2 is 1.95 bits per heavy atom. The van der Waals surface area contributed by atoms with Crippen LogP contribution in [0, 0.1) is 11.3 Å². The topological polar surface area (TPSA) is 56.1 Å². The van der Waals surface area contributed by atoms with E-state index >= 15 is 0 Å². The third kappa shape index (κ3) is 4.45. The number of hydrogen-bond donors (Lipinski definition) is 1. The minimum Gasteiger partial charge on any atom is -0.336 e. The Balaban J connectivity index is 0.00000220. The van der Waals surface area contributed by atoms with E-state index in [4.69, 9.17) is 5.26 Å². The van der Waals surface area contributed by atoms with Crippen molar-refractivity contribution in [1.29, 1.82) is 5.26 Å². The van der Waals surface area contributed by atoms with Gasteiger partial charge in [-0.05, 0) is 56.6 Å². The molecule has 4 nitrogen and oxygen atoms in total. The van der Waals surface area contributed by atoms with Crippen molar-refractivity contribution in [3.05, 3.63) is 35.4 Å². The highest BCUT2D eigenvalue weighted by molar-refractivity contribution is 5.94. The molecule has 0 unspecified atom stereocenters. The van der Waals surface area contributed by atoms with Crippen molar-refractivity contribution in [2.24, 2.45) is 0 Å². The number of rotatable bonds is 4. The van der Waals surface area contributed by atoms with E-state index in [1.165, 1.54) is 0 Å². The van der Waals surface area contributed by atoms with Gasteiger partial charge in [-0.1, -0.05) is 6.92 Å². The van der Waals surface area contributed by atoms with Crippen molar-refractivity contribution in [2.45, 2.75) is 32.2 Å². The first-order valence-electron chi connectivity index (χ1n) is 7.28. The van der Waals surface area contributed by atoms with Gasteiger partial charge in [0.2, 0.25) is 0 Å². The van der Waals surface area contributed by atoms with Crippen molar-refractivity contribution in [3.63, 3.8) is 0 Å². The van der Waals surface area contributed by atoms with Crippen LogP contribution in [0.25, 0.3) is 0 Å². The number of nitrogens with zero attached hydrogens (tertiary/aromatic N) is 2. The van der Waals surface area contributed by atoms with Crippen LogP contribution in [0.2, 0.25) is 0 Å². The number of nitriles is 1. The van der Waals surface area contributed by atoms with Crippen LogP contribution in [0.3, 0.4) is 0 Å². The molecule has 5 heteroatoms. The predicted molar refractivity (Wildman–Crippen MR) is 85.6 cm³/mol. The molecule has 1 heterocycles.